The second-order valence-corrected chi connectivity index (χ2v) is 3.88. The molecule has 0 radical (unpaired) electrons. The number of methoxy groups -OCH3 is 1. The number of aliphatic hydroxyl groups is 1. The average Bonchev–Trinajstić information content (AvgIpc) is 2.46. The summed E-state index contributed by atoms with van der Waals surface area (Å²) >= 11 is 0. The van der Waals surface area contributed by atoms with Crippen molar-refractivity contribution in [2.24, 2.45) is 0 Å². The van der Waals surface area contributed by atoms with Gasteiger partial charge in [-0.15, -0.1) is 0 Å². The number of nitrogens with zero attached hydrogens (tertiary/aromatic N) is 1. The highest BCUT2D eigenvalue weighted by Crippen LogP contribution is 2.23. The van der Waals surface area contributed by atoms with Crippen molar-refractivity contribution in [2.75, 3.05) is 19.0 Å². The van der Waals surface area contributed by atoms with E-state index in [1.165, 1.54) is 0 Å². The van der Waals surface area contributed by atoms with Crippen LogP contribution in [0.1, 0.15) is 11.7 Å². The molecule has 0 fully saturated rings. The lowest BCUT2D eigenvalue weighted by molar-refractivity contribution is 0.191. The van der Waals surface area contributed by atoms with Gasteiger partial charge in [0.25, 0.3) is 0 Å². The van der Waals surface area contributed by atoms with Gasteiger partial charge in [-0.3, -0.25) is 4.98 Å². The molecule has 0 bridgehead atoms. The standard InChI is InChI=1S/C14H16N2O2/c1-18-14-7-3-2-6-12(14)16-10-13(17)11-5-4-8-15-9-11/h2-9,13,16-17H,10H2,1H3. The number of pyridine rings is 1. The van der Waals surface area contributed by atoms with Crippen LogP contribution in [0.2, 0.25) is 0 Å². The van der Waals surface area contributed by atoms with Gasteiger partial charge in [0.15, 0.2) is 0 Å². The molecule has 0 aliphatic rings. The molecule has 1 aromatic carbocycles. The summed E-state index contributed by atoms with van der Waals surface area (Å²) in [5, 5.41) is 13.2. The zero-order chi connectivity index (χ0) is 12.8. The van der Waals surface area contributed by atoms with Crippen molar-refractivity contribution in [3.05, 3.63) is 54.4 Å². The Bertz CT molecular complexity index is 488. The molecule has 0 saturated carbocycles. The molecule has 1 atom stereocenters. The summed E-state index contributed by atoms with van der Waals surface area (Å²) in [5.74, 6) is 0.760. The number of anilines is 1. The first-order valence-corrected chi connectivity index (χ1v) is 5.76. The van der Waals surface area contributed by atoms with Crippen LogP contribution in [0.15, 0.2) is 48.8 Å². The molecule has 0 aliphatic heterocycles. The van der Waals surface area contributed by atoms with Gasteiger partial charge in [0.05, 0.1) is 18.9 Å². The Kier molecular flexibility index (Phi) is 4.15. The topological polar surface area (TPSA) is 54.4 Å². The predicted molar refractivity (Wildman–Crippen MR) is 70.7 cm³/mol. The first kappa shape index (κ1) is 12.4. The molecule has 1 unspecified atom stereocenters. The van der Waals surface area contributed by atoms with E-state index >= 15 is 0 Å². The van der Waals surface area contributed by atoms with Crippen molar-refractivity contribution >= 4 is 5.69 Å². The first-order valence-electron chi connectivity index (χ1n) is 5.76. The molecule has 4 nitrogen and oxygen atoms in total. The molecule has 2 aromatic rings. The fraction of sp³-hybridized carbons (Fsp3) is 0.214. The number of hydrogen-bond acceptors (Lipinski definition) is 4. The normalized spacial score (nSPS) is 11.9. The van der Waals surface area contributed by atoms with E-state index in [1.54, 1.807) is 19.5 Å². The number of aliphatic hydroxyl groups excluding tert-OH is 1. The van der Waals surface area contributed by atoms with Gasteiger partial charge in [-0.25, -0.2) is 0 Å². The number of ether oxygens (including phenoxy) is 1. The van der Waals surface area contributed by atoms with Gasteiger partial charge in [-0.2, -0.15) is 0 Å². The molecule has 18 heavy (non-hydrogen) atoms. The summed E-state index contributed by atoms with van der Waals surface area (Å²) in [6, 6.07) is 11.3. The molecule has 0 aliphatic carbocycles. The van der Waals surface area contributed by atoms with Gasteiger partial charge in [-0.05, 0) is 18.2 Å². The van der Waals surface area contributed by atoms with Gasteiger partial charge in [0.2, 0.25) is 0 Å². The smallest absolute Gasteiger partial charge is 0.141 e. The number of aromatic nitrogens is 1. The molecule has 0 spiro atoms. The minimum atomic E-state index is -0.594. The SMILES string of the molecule is COc1ccccc1NCC(O)c1cccnc1. The first-order chi connectivity index (χ1) is 8.81. The minimum Gasteiger partial charge on any atom is -0.495 e. The number of nitrogens with one attached hydrogen (secondary N) is 1. The second kappa shape index (κ2) is 6.02. The molecule has 1 heterocycles. The van der Waals surface area contributed by atoms with Gasteiger partial charge in [0.1, 0.15) is 5.75 Å². The minimum absolute atomic E-state index is 0.409. The van der Waals surface area contributed by atoms with E-state index in [1.807, 2.05) is 36.4 Å². The highest BCUT2D eigenvalue weighted by molar-refractivity contribution is 5.56. The average molecular weight is 244 g/mol. The van der Waals surface area contributed by atoms with Crippen LogP contribution in [0.25, 0.3) is 0 Å². The van der Waals surface area contributed by atoms with Crippen molar-refractivity contribution < 1.29 is 9.84 Å². The molecule has 2 N–H and O–H groups in total. The third kappa shape index (κ3) is 2.99. The lowest BCUT2D eigenvalue weighted by atomic mass is 10.1. The van der Waals surface area contributed by atoms with Crippen molar-refractivity contribution in [1.82, 2.24) is 4.98 Å². The Morgan fingerprint density at radius 3 is 2.83 bits per heavy atom. The maximum atomic E-state index is 10.0. The number of benzene rings is 1. The maximum Gasteiger partial charge on any atom is 0.141 e. The van der Waals surface area contributed by atoms with E-state index in [0.717, 1.165) is 17.0 Å². The molecule has 0 amide bonds. The van der Waals surface area contributed by atoms with Crippen molar-refractivity contribution in [3.8, 4) is 5.75 Å². The van der Waals surface area contributed by atoms with E-state index in [4.69, 9.17) is 4.74 Å². The molecular formula is C14H16N2O2. The zero-order valence-corrected chi connectivity index (χ0v) is 10.2. The largest absolute Gasteiger partial charge is 0.495 e. The summed E-state index contributed by atoms with van der Waals surface area (Å²) < 4.78 is 5.23. The van der Waals surface area contributed by atoms with Gasteiger partial charge < -0.3 is 15.2 Å². The van der Waals surface area contributed by atoms with Crippen molar-refractivity contribution in [1.29, 1.82) is 0 Å². The summed E-state index contributed by atoms with van der Waals surface area (Å²) in [5.41, 5.74) is 1.66. The van der Waals surface area contributed by atoms with Crippen LogP contribution in [0.4, 0.5) is 5.69 Å². The zero-order valence-electron chi connectivity index (χ0n) is 10.2. The van der Waals surface area contributed by atoms with E-state index in [0.29, 0.717) is 6.54 Å². The van der Waals surface area contributed by atoms with Crippen LogP contribution < -0.4 is 10.1 Å². The monoisotopic (exact) mass is 244 g/mol. The van der Waals surface area contributed by atoms with E-state index in [2.05, 4.69) is 10.3 Å². The van der Waals surface area contributed by atoms with Crippen LogP contribution in [-0.4, -0.2) is 23.7 Å². The van der Waals surface area contributed by atoms with Crippen LogP contribution in [0, 0.1) is 0 Å². The molecule has 2 rings (SSSR count). The summed E-state index contributed by atoms with van der Waals surface area (Å²) in [7, 11) is 1.62. The van der Waals surface area contributed by atoms with Crippen molar-refractivity contribution in [2.45, 2.75) is 6.10 Å². The lowest BCUT2D eigenvalue weighted by Crippen LogP contribution is -2.12. The Hall–Kier alpha value is -2.07. The van der Waals surface area contributed by atoms with Crippen LogP contribution in [0.3, 0.4) is 0 Å². The maximum absolute atomic E-state index is 10.0. The Morgan fingerprint density at radius 1 is 1.28 bits per heavy atom. The third-order valence-corrected chi connectivity index (χ3v) is 2.66. The Morgan fingerprint density at radius 2 is 2.11 bits per heavy atom. The number of rotatable bonds is 5. The quantitative estimate of drug-likeness (QED) is 0.847. The van der Waals surface area contributed by atoms with E-state index < -0.39 is 6.10 Å². The molecule has 1 aromatic heterocycles. The molecule has 0 saturated heterocycles. The summed E-state index contributed by atoms with van der Waals surface area (Å²) in [6.07, 6.45) is 2.75. The fourth-order valence-electron chi connectivity index (χ4n) is 1.69. The third-order valence-electron chi connectivity index (χ3n) is 2.66. The van der Waals surface area contributed by atoms with Gasteiger partial charge >= 0.3 is 0 Å². The van der Waals surface area contributed by atoms with Crippen molar-refractivity contribution in [3.63, 3.8) is 0 Å². The summed E-state index contributed by atoms with van der Waals surface area (Å²) in [4.78, 5) is 3.98. The van der Waals surface area contributed by atoms with Crippen LogP contribution >= 0.6 is 0 Å². The fourth-order valence-corrected chi connectivity index (χ4v) is 1.69. The van der Waals surface area contributed by atoms with E-state index in [-0.39, 0.29) is 0 Å². The van der Waals surface area contributed by atoms with Crippen LogP contribution in [-0.2, 0) is 0 Å². The molecular weight excluding hydrogens is 228 g/mol. The predicted octanol–water partition coefficient (Wildman–Crippen LogP) is 2.24. The van der Waals surface area contributed by atoms with Gasteiger partial charge in [0, 0.05) is 24.5 Å². The number of hydrogen-bond donors (Lipinski definition) is 2. The highest BCUT2D eigenvalue weighted by Gasteiger charge is 2.08. The van der Waals surface area contributed by atoms with E-state index in [9.17, 15) is 5.11 Å². The lowest BCUT2D eigenvalue weighted by Gasteiger charge is -2.14. The second-order valence-electron chi connectivity index (χ2n) is 3.88. The van der Waals surface area contributed by atoms with Crippen LogP contribution in [0.5, 0.6) is 5.75 Å². The Labute approximate surface area is 106 Å². The number of para-hydroxylation sites is 2. The highest BCUT2D eigenvalue weighted by atomic mass is 16.5. The van der Waals surface area contributed by atoms with Gasteiger partial charge in [-0.1, -0.05) is 18.2 Å². The Balaban J connectivity index is 1.99. The molecule has 4 heteroatoms. The molecule has 94 valence electrons. The summed E-state index contributed by atoms with van der Waals surface area (Å²) in [6.45, 7) is 0.409.